The van der Waals surface area contributed by atoms with E-state index in [1.54, 1.807) is 0 Å². The lowest BCUT2D eigenvalue weighted by Crippen LogP contribution is -2.62. The summed E-state index contributed by atoms with van der Waals surface area (Å²) in [5.74, 6) is -4.13. The number of carboxylic acids is 1. The maximum absolute atomic E-state index is 12.2. The number of alkyl halides is 4. The minimum absolute atomic E-state index is 0.347. The molecule has 0 spiro atoms. The third-order valence-corrected chi connectivity index (χ3v) is 1.75. The Morgan fingerprint density at radius 2 is 1.86 bits per heavy atom. The van der Waals surface area contributed by atoms with E-state index in [1.807, 2.05) is 0 Å². The molecule has 14 heavy (non-hydrogen) atoms. The zero-order chi connectivity index (χ0) is 11.6. The molecule has 1 atom stereocenters. The molecule has 0 aromatic heterocycles. The molecule has 0 saturated heterocycles. The lowest BCUT2D eigenvalue weighted by atomic mass is 10.0. The molecule has 0 heterocycles. The zero-order valence-electron chi connectivity index (χ0n) is 6.98. The molecule has 0 saturated carbocycles. The number of hydrogen-bond acceptors (Lipinski definition) is 2. The molecule has 0 radical (unpaired) electrons. The number of aliphatic carboxylic acids is 1. The Bertz CT molecular complexity index is 255. The van der Waals surface area contributed by atoms with Crippen LogP contribution in [-0.2, 0) is 9.59 Å². The molecule has 2 N–H and O–H groups in total. The third kappa shape index (κ3) is 2.50. The van der Waals surface area contributed by atoms with Crippen LogP contribution in [0.2, 0.25) is 0 Å². The quantitative estimate of drug-likeness (QED) is 0.707. The van der Waals surface area contributed by atoms with Gasteiger partial charge in [-0.1, -0.05) is 0 Å². The smallest absolute Gasteiger partial charge is 0.422 e. The number of carbonyl (C=O) groups is 2. The number of amides is 1. The highest BCUT2D eigenvalue weighted by Gasteiger charge is 2.58. The van der Waals surface area contributed by atoms with Gasteiger partial charge in [0.2, 0.25) is 11.4 Å². The molecule has 0 bridgehead atoms. The van der Waals surface area contributed by atoms with Crippen molar-refractivity contribution in [2.45, 2.75) is 18.6 Å². The predicted octanol–water partition coefficient (Wildman–Crippen LogP) is 0.747. The summed E-state index contributed by atoms with van der Waals surface area (Å²) in [6.45, 7) is 0.347. The van der Waals surface area contributed by atoms with Gasteiger partial charge in [0, 0.05) is 0 Å². The van der Waals surface area contributed by atoms with Gasteiger partial charge >= 0.3 is 12.1 Å². The summed E-state index contributed by atoms with van der Waals surface area (Å²) in [5, 5.41) is 9.62. The topological polar surface area (TPSA) is 66.4 Å². The molecule has 8 heteroatoms. The Hall–Kier alpha value is -0.980. The molecule has 0 fully saturated rings. The fraction of sp³-hybridized carbons (Fsp3) is 0.667. The van der Waals surface area contributed by atoms with Crippen LogP contribution in [0.4, 0.5) is 13.2 Å². The van der Waals surface area contributed by atoms with E-state index in [4.69, 9.17) is 16.7 Å². The summed E-state index contributed by atoms with van der Waals surface area (Å²) in [4.78, 5) is 20.9. The number of nitrogens with one attached hydrogen (secondary N) is 1. The summed E-state index contributed by atoms with van der Waals surface area (Å²) >= 11 is 4.94. The van der Waals surface area contributed by atoms with Crippen LogP contribution < -0.4 is 5.32 Å². The monoisotopic (exact) mass is 233 g/mol. The molecule has 0 aliphatic carbocycles. The molecule has 0 aromatic carbocycles. The molecule has 0 rings (SSSR count). The van der Waals surface area contributed by atoms with Gasteiger partial charge in [-0.2, -0.15) is 13.2 Å². The summed E-state index contributed by atoms with van der Waals surface area (Å²) in [7, 11) is 0. The van der Waals surface area contributed by atoms with E-state index in [0.717, 1.165) is 0 Å². The van der Waals surface area contributed by atoms with Crippen LogP contribution in [0.5, 0.6) is 0 Å². The van der Waals surface area contributed by atoms with Gasteiger partial charge in [-0.05, 0) is 6.92 Å². The van der Waals surface area contributed by atoms with Gasteiger partial charge in [-0.25, -0.2) is 4.79 Å². The van der Waals surface area contributed by atoms with Gasteiger partial charge in [-0.15, -0.1) is 11.6 Å². The molecule has 0 aliphatic heterocycles. The summed E-state index contributed by atoms with van der Waals surface area (Å²) in [5.41, 5.74) is -3.31. The second kappa shape index (κ2) is 4.04. The van der Waals surface area contributed by atoms with Crippen molar-refractivity contribution < 1.29 is 27.9 Å². The van der Waals surface area contributed by atoms with Crippen molar-refractivity contribution in [1.82, 2.24) is 5.32 Å². The Kier molecular flexibility index (Phi) is 3.75. The van der Waals surface area contributed by atoms with E-state index < -0.39 is 29.5 Å². The van der Waals surface area contributed by atoms with Crippen molar-refractivity contribution in [3.63, 3.8) is 0 Å². The number of halogens is 4. The van der Waals surface area contributed by atoms with Gasteiger partial charge in [0.25, 0.3) is 0 Å². The fourth-order valence-electron chi connectivity index (χ4n) is 0.558. The first-order valence-electron chi connectivity index (χ1n) is 3.32. The molecular formula is C6H7ClF3NO3. The van der Waals surface area contributed by atoms with Gasteiger partial charge in [0.15, 0.2) is 0 Å². The van der Waals surface area contributed by atoms with Crippen molar-refractivity contribution in [1.29, 1.82) is 0 Å². The van der Waals surface area contributed by atoms with Crippen LogP contribution in [0.25, 0.3) is 0 Å². The van der Waals surface area contributed by atoms with Crippen LogP contribution in [0.15, 0.2) is 0 Å². The van der Waals surface area contributed by atoms with E-state index in [-0.39, 0.29) is 0 Å². The van der Waals surface area contributed by atoms with Crippen LogP contribution in [0, 0.1) is 0 Å². The maximum atomic E-state index is 12.2. The van der Waals surface area contributed by atoms with Crippen molar-refractivity contribution in [3.05, 3.63) is 0 Å². The number of carboxylic acid groups (broad SMARTS) is 1. The molecular weight excluding hydrogens is 227 g/mol. The summed E-state index contributed by atoms with van der Waals surface area (Å²) in [6, 6.07) is 0. The molecule has 1 amide bonds. The average Bonchev–Trinajstić information content (AvgIpc) is 2.01. The molecule has 0 aromatic rings. The first kappa shape index (κ1) is 13.0. The average molecular weight is 234 g/mol. The summed E-state index contributed by atoms with van der Waals surface area (Å²) < 4.78 is 36.6. The van der Waals surface area contributed by atoms with Gasteiger partial charge in [0.05, 0.1) is 0 Å². The lowest BCUT2D eigenvalue weighted by molar-refractivity contribution is -0.206. The highest BCUT2D eigenvalue weighted by molar-refractivity contribution is 6.27. The fourth-order valence-corrected chi connectivity index (χ4v) is 0.625. The van der Waals surface area contributed by atoms with Crippen molar-refractivity contribution in [2.24, 2.45) is 0 Å². The van der Waals surface area contributed by atoms with Crippen LogP contribution in [-0.4, -0.2) is 34.6 Å². The Morgan fingerprint density at radius 3 is 2.07 bits per heavy atom. The van der Waals surface area contributed by atoms with Crippen molar-refractivity contribution >= 4 is 23.5 Å². The normalized spacial score (nSPS) is 15.8. The predicted molar refractivity (Wildman–Crippen MR) is 41.0 cm³/mol. The molecule has 0 aliphatic rings. The minimum atomic E-state index is -5.08. The Balaban J connectivity index is 4.93. The highest BCUT2D eigenvalue weighted by atomic mass is 35.5. The largest absolute Gasteiger partial charge is 0.479 e. The molecule has 4 nitrogen and oxygen atoms in total. The summed E-state index contributed by atoms with van der Waals surface area (Å²) in [6.07, 6.45) is -5.08. The van der Waals surface area contributed by atoms with E-state index in [2.05, 4.69) is 0 Å². The third-order valence-electron chi connectivity index (χ3n) is 1.51. The maximum Gasteiger partial charge on any atom is 0.422 e. The van der Waals surface area contributed by atoms with E-state index in [0.29, 0.717) is 6.92 Å². The first-order valence-corrected chi connectivity index (χ1v) is 3.85. The van der Waals surface area contributed by atoms with Crippen LogP contribution in [0.3, 0.4) is 0 Å². The lowest BCUT2D eigenvalue weighted by Gasteiger charge is -2.28. The Labute approximate surface area is 82.0 Å². The molecule has 82 valence electrons. The Morgan fingerprint density at radius 1 is 1.43 bits per heavy atom. The van der Waals surface area contributed by atoms with Crippen molar-refractivity contribution in [2.75, 3.05) is 5.88 Å². The van der Waals surface area contributed by atoms with Gasteiger partial charge in [-0.3, -0.25) is 4.79 Å². The standard InChI is InChI=1S/C6H7ClF3NO3/c1-5(4(13)14,6(8,9)10)11-3(12)2-7/h2H2,1H3,(H,11,12)(H,13,14)/t5-/m1/s1. The minimum Gasteiger partial charge on any atom is -0.479 e. The van der Waals surface area contributed by atoms with Crippen molar-refractivity contribution in [3.8, 4) is 0 Å². The van der Waals surface area contributed by atoms with Gasteiger partial charge in [0.1, 0.15) is 5.88 Å². The second-order valence-electron chi connectivity index (χ2n) is 2.61. The van der Waals surface area contributed by atoms with Gasteiger partial charge < -0.3 is 10.4 Å². The van der Waals surface area contributed by atoms with Crippen LogP contribution >= 0.6 is 11.6 Å². The van der Waals surface area contributed by atoms with E-state index in [1.165, 1.54) is 5.32 Å². The number of rotatable bonds is 3. The SMILES string of the molecule is C[C@@](NC(=O)CCl)(C(=O)O)C(F)(F)F. The number of carbonyl (C=O) groups excluding carboxylic acids is 1. The second-order valence-corrected chi connectivity index (χ2v) is 2.88. The highest BCUT2D eigenvalue weighted by Crippen LogP contribution is 2.30. The molecule has 0 unspecified atom stereocenters. The van der Waals surface area contributed by atoms with E-state index >= 15 is 0 Å². The van der Waals surface area contributed by atoms with Crippen LogP contribution in [0.1, 0.15) is 6.92 Å². The number of hydrogen-bond donors (Lipinski definition) is 2. The first-order chi connectivity index (χ1) is 6.15. The zero-order valence-corrected chi connectivity index (χ0v) is 7.74. The van der Waals surface area contributed by atoms with E-state index in [9.17, 15) is 22.8 Å².